The summed E-state index contributed by atoms with van der Waals surface area (Å²) in [7, 11) is 0. The van der Waals surface area contributed by atoms with Gasteiger partial charge in [0.2, 0.25) is 6.41 Å². The maximum absolute atomic E-state index is 10.5. The second kappa shape index (κ2) is 9.06. The van der Waals surface area contributed by atoms with Crippen LogP contribution in [0.4, 0.5) is 5.69 Å². The number of carbonyl (C=O) groups excluding carboxylic acids is 1. The molecule has 0 radical (unpaired) electrons. The number of benzene rings is 1. The monoisotopic (exact) mass is 379 g/mol. The van der Waals surface area contributed by atoms with Gasteiger partial charge in [0.25, 0.3) is 0 Å². The predicted octanol–water partition coefficient (Wildman–Crippen LogP) is 4.25. The van der Waals surface area contributed by atoms with Crippen molar-refractivity contribution in [2.75, 3.05) is 11.9 Å². The van der Waals surface area contributed by atoms with Gasteiger partial charge in [0.05, 0.1) is 0 Å². The number of carbonyl (C=O) groups is 1. The molecule has 126 valence electrons. The predicted molar refractivity (Wildman–Crippen MR) is 99.4 cm³/mol. The Kier molecular flexibility index (Phi) is 7.09. The number of anilines is 1. The lowest BCUT2D eigenvalue weighted by atomic mass is 9.81. The molecule has 0 aliphatic heterocycles. The van der Waals surface area contributed by atoms with E-state index in [1.165, 1.54) is 31.9 Å². The zero-order chi connectivity index (χ0) is 16.7. The summed E-state index contributed by atoms with van der Waals surface area (Å²) in [4.78, 5) is 10.5. The lowest BCUT2D eigenvalue weighted by molar-refractivity contribution is -0.109. The summed E-state index contributed by atoms with van der Waals surface area (Å²) < 4.78 is 1.02. The van der Waals surface area contributed by atoms with E-state index in [0.29, 0.717) is 12.6 Å². The molecule has 1 aliphatic rings. The van der Waals surface area contributed by atoms with E-state index in [9.17, 15) is 4.79 Å². The van der Waals surface area contributed by atoms with E-state index < -0.39 is 0 Å². The quantitative estimate of drug-likeness (QED) is 0.323. The summed E-state index contributed by atoms with van der Waals surface area (Å²) in [6.45, 7) is 2.70. The van der Waals surface area contributed by atoms with Gasteiger partial charge in [0.15, 0.2) is 0 Å². The van der Waals surface area contributed by atoms with Gasteiger partial charge in [-0.25, -0.2) is 0 Å². The first kappa shape index (κ1) is 18.0. The third-order valence-corrected chi connectivity index (χ3v) is 5.18. The fourth-order valence-corrected chi connectivity index (χ4v) is 3.68. The lowest BCUT2D eigenvalue weighted by Crippen LogP contribution is -2.27. The fraction of sp³-hybridized carbons (Fsp3) is 0.556. The van der Waals surface area contributed by atoms with Crippen LogP contribution < -0.4 is 10.6 Å². The highest BCUT2D eigenvalue weighted by Crippen LogP contribution is 2.32. The Morgan fingerprint density at radius 3 is 2.78 bits per heavy atom. The molecule has 1 aliphatic carbocycles. The second-order valence-electron chi connectivity index (χ2n) is 6.40. The molecule has 1 fully saturated rings. The Hall–Kier alpha value is -1.36. The molecule has 1 amide bonds. The number of rotatable bonds is 10. The Labute approximate surface area is 147 Å². The van der Waals surface area contributed by atoms with Crippen LogP contribution in [0.5, 0.6) is 0 Å². The van der Waals surface area contributed by atoms with E-state index in [-0.39, 0.29) is 0 Å². The molecule has 0 heterocycles. The molecule has 0 aromatic heterocycles. The summed E-state index contributed by atoms with van der Waals surface area (Å²) in [6.07, 6.45) is 9.51. The van der Waals surface area contributed by atoms with E-state index in [0.717, 1.165) is 46.5 Å². The number of halogens is 1. The molecular formula is C18H26BrN3O. The highest BCUT2D eigenvalue weighted by molar-refractivity contribution is 9.10. The van der Waals surface area contributed by atoms with E-state index in [4.69, 9.17) is 5.41 Å². The maximum Gasteiger partial charge on any atom is 0.207 e. The molecular weight excluding hydrogens is 354 g/mol. The van der Waals surface area contributed by atoms with Gasteiger partial charge in [-0.15, -0.1) is 0 Å². The van der Waals surface area contributed by atoms with E-state index in [1.807, 2.05) is 19.1 Å². The first-order valence-electron chi connectivity index (χ1n) is 8.38. The summed E-state index contributed by atoms with van der Waals surface area (Å²) >= 11 is 3.54. The SMILES string of the molecule is Cc1cc(Br)cc(NC(CCNC=O)CCC2CCC2)c1C=N. The van der Waals surface area contributed by atoms with Crippen molar-refractivity contribution in [1.82, 2.24) is 5.32 Å². The summed E-state index contributed by atoms with van der Waals surface area (Å²) in [5.41, 5.74) is 3.02. The Morgan fingerprint density at radius 1 is 1.39 bits per heavy atom. The van der Waals surface area contributed by atoms with Crippen LogP contribution in [0.15, 0.2) is 16.6 Å². The van der Waals surface area contributed by atoms with Crippen LogP contribution in [-0.4, -0.2) is 25.2 Å². The van der Waals surface area contributed by atoms with Gasteiger partial charge in [0.1, 0.15) is 0 Å². The minimum absolute atomic E-state index is 0.315. The van der Waals surface area contributed by atoms with Crippen LogP contribution >= 0.6 is 15.9 Å². The average Bonchev–Trinajstić information content (AvgIpc) is 2.45. The van der Waals surface area contributed by atoms with Gasteiger partial charge < -0.3 is 16.0 Å². The first-order chi connectivity index (χ1) is 11.1. The van der Waals surface area contributed by atoms with Gasteiger partial charge >= 0.3 is 0 Å². The average molecular weight is 380 g/mol. The van der Waals surface area contributed by atoms with Crippen LogP contribution in [0.25, 0.3) is 0 Å². The Bertz CT molecular complexity index is 543. The maximum atomic E-state index is 10.5. The number of hydrogen-bond donors (Lipinski definition) is 3. The molecule has 0 saturated heterocycles. The Morgan fingerprint density at radius 2 is 2.17 bits per heavy atom. The summed E-state index contributed by atoms with van der Waals surface area (Å²) in [6, 6.07) is 4.38. The van der Waals surface area contributed by atoms with Crippen LogP contribution in [0, 0.1) is 18.3 Å². The van der Waals surface area contributed by atoms with Crippen molar-refractivity contribution in [1.29, 1.82) is 5.41 Å². The number of aryl methyl sites for hydroxylation is 1. The minimum atomic E-state index is 0.315. The number of amides is 1. The molecule has 0 spiro atoms. The lowest BCUT2D eigenvalue weighted by Gasteiger charge is -2.28. The van der Waals surface area contributed by atoms with E-state index >= 15 is 0 Å². The van der Waals surface area contributed by atoms with Crippen molar-refractivity contribution in [2.45, 2.75) is 51.5 Å². The van der Waals surface area contributed by atoms with Crippen molar-refractivity contribution in [3.63, 3.8) is 0 Å². The third kappa shape index (κ3) is 5.34. The molecule has 23 heavy (non-hydrogen) atoms. The zero-order valence-corrected chi connectivity index (χ0v) is 15.3. The molecule has 3 N–H and O–H groups in total. The van der Waals surface area contributed by atoms with Crippen molar-refractivity contribution in [2.24, 2.45) is 5.92 Å². The summed E-state index contributed by atoms with van der Waals surface area (Å²) in [5.74, 6) is 0.879. The van der Waals surface area contributed by atoms with Crippen molar-refractivity contribution in [3.05, 3.63) is 27.7 Å². The van der Waals surface area contributed by atoms with Crippen LogP contribution in [0.3, 0.4) is 0 Å². The van der Waals surface area contributed by atoms with Gasteiger partial charge in [0, 0.05) is 34.5 Å². The number of hydrogen-bond acceptors (Lipinski definition) is 3. The molecule has 5 heteroatoms. The molecule has 1 atom stereocenters. The third-order valence-electron chi connectivity index (χ3n) is 4.72. The van der Waals surface area contributed by atoms with E-state index in [2.05, 4.69) is 26.6 Å². The fourth-order valence-electron chi connectivity index (χ4n) is 3.11. The summed E-state index contributed by atoms with van der Waals surface area (Å²) in [5, 5.41) is 14.0. The smallest absolute Gasteiger partial charge is 0.207 e. The van der Waals surface area contributed by atoms with Crippen molar-refractivity contribution >= 4 is 34.2 Å². The molecule has 1 unspecified atom stereocenters. The van der Waals surface area contributed by atoms with Gasteiger partial charge in [-0.2, -0.15) is 0 Å². The van der Waals surface area contributed by atoms with Crippen molar-refractivity contribution in [3.8, 4) is 0 Å². The molecule has 1 saturated carbocycles. The van der Waals surface area contributed by atoms with Gasteiger partial charge in [-0.05, 0) is 49.8 Å². The van der Waals surface area contributed by atoms with Crippen LogP contribution in [0.2, 0.25) is 0 Å². The van der Waals surface area contributed by atoms with E-state index in [1.54, 1.807) is 0 Å². The number of nitrogens with one attached hydrogen (secondary N) is 3. The van der Waals surface area contributed by atoms with Crippen molar-refractivity contribution < 1.29 is 4.79 Å². The highest BCUT2D eigenvalue weighted by Gasteiger charge is 2.20. The largest absolute Gasteiger partial charge is 0.382 e. The topological polar surface area (TPSA) is 65.0 Å². The molecule has 1 aromatic rings. The molecule has 2 rings (SSSR count). The first-order valence-corrected chi connectivity index (χ1v) is 9.17. The molecule has 1 aromatic carbocycles. The Balaban J connectivity index is 2.04. The molecule has 4 nitrogen and oxygen atoms in total. The van der Waals surface area contributed by atoms with Gasteiger partial charge in [-0.3, -0.25) is 4.79 Å². The van der Waals surface area contributed by atoms with Crippen LogP contribution in [-0.2, 0) is 4.79 Å². The zero-order valence-electron chi connectivity index (χ0n) is 13.7. The van der Waals surface area contributed by atoms with Gasteiger partial charge in [-0.1, -0.05) is 35.2 Å². The highest BCUT2D eigenvalue weighted by atomic mass is 79.9. The minimum Gasteiger partial charge on any atom is -0.382 e. The van der Waals surface area contributed by atoms with Crippen LogP contribution in [0.1, 0.15) is 49.7 Å². The standard InChI is InChI=1S/C18H26BrN3O/c1-13-9-15(19)10-18(17(13)11-20)22-16(7-8-21-12-23)6-5-14-3-2-4-14/h9-12,14,16,20,22H,2-8H2,1H3,(H,21,23). The molecule has 0 bridgehead atoms. The normalized spacial score (nSPS) is 15.6. The second-order valence-corrected chi connectivity index (χ2v) is 7.32.